The van der Waals surface area contributed by atoms with Gasteiger partial charge in [-0.1, -0.05) is 18.5 Å². The summed E-state index contributed by atoms with van der Waals surface area (Å²) in [6, 6.07) is 2.05. The average Bonchev–Trinajstić information content (AvgIpc) is 2.32. The molecule has 0 heterocycles. The van der Waals surface area contributed by atoms with Crippen LogP contribution in [0.4, 0.5) is 0 Å². The Morgan fingerprint density at radius 2 is 2.06 bits per heavy atom. The lowest BCUT2D eigenvalue weighted by molar-refractivity contribution is 0.313. The lowest BCUT2D eigenvalue weighted by atomic mass is 10.0. The third kappa shape index (κ3) is 3.82. The fraction of sp³-hybridized carbons (Fsp3) is 0.571. The Balaban J connectivity index is 3.06. The van der Waals surface area contributed by atoms with Crippen LogP contribution in [-0.2, 0) is 6.42 Å². The molecule has 0 unspecified atom stereocenters. The first kappa shape index (κ1) is 14.7. The van der Waals surface area contributed by atoms with Crippen LogP contribution in [0.15, 0.2) is 6.07 Å². The summed E-state index contributed by atoms with van der Waals surface area (Å²) in [7, 11) is 0. The quantitative estimate of drug-likeness (QED) is 0.744. The smallest absolute Gasteiger partial charge is 0.123 e. The zero-order valence-corrected chi connectivity index (χ0v) is 12.5. The van der Waals surface area contributed by atoms with E-state index in [1.165, 1.54) is 5.56 Å². The Bertz CT molecular complexity index is 377. The number of rotatable bonds is 6. The second-order valence-corrected chi connectivity index (χ2v) is 5.11. The van der Waals surface area contributed by atoms with Gasteiger partial charge in [-0.2, -0.15) is 12.6 Å². The SMILES string of the molecule is CCCOc1cc(C)c(Cl)c(C)c1CCCS. The molecule has 1 rings (SSSR count). The minimum Gasteiger partial charge on any atom is -0.493 e. The Morgan fingerprint density at radius 3 is 2.65 bits per heavy atom. The van der Waals surface area contributed by atoms with Gasteiger partial charge < -0.3 is 4.74 Å². The summed E-state index contributed by atoms with van der Waals surface area (Å²) in [6.45, 7) is 6.97. The predicted molar refractivity (Wildman–Crippen MR) is 78.9 cm³/mol. The van der Waals surface area contributed by atoms with Gasteiger partial charge in [0.15, 0.2) is 0 Å². The molecule has 1 aromatic carbocycles. The van der Waals surface area contributed by atoms with Crippen molar-refractivity contribution in [1.82, 2.24) is 0 Å². The van der Waals surface area contributed by atoms with E-state index in [2.05, 4.69) is 32.5 Å². The van der Waals surface area contributed by atoms with Crippen molar-refractivity contribution >= 4 is 24.2 Å². The summed E-state index contributed by atoms with van der Waals surface area (Å²) >= 11 is 10.6. The number of benzene rings is 1. The number of hydrogen-bond donors (Lipinski definition) is 1. The zero-order chi connectivity index (χ0) is 12.8. The molecule has 0 spiro atoms. The van der Waals surface area contributed by atoms with E-state index in [-0.39, 0.29) is 0 Å². The van der Waals surface area contributed by atoms with Crippen molar-refractivity contribution in [1.29, 1.82) is 0 Å². The van der Waals surface area contributed by atoms with Gasteiger partial charge in [-0.3, -0.25) is 0 Å². The molecule has 1 aromatic rings. The van der Waals surface area contributed by atoms with Gasteiger partial charge in [-0.25, -0.2) is 0 Å². The van der Waals surface area contributed by atoms with Crippen LogP contribution in [0.5, 0.6) is 5.75 Å². The fourth-order valence-corrected chi connectivity index (χ4v) is 2.19. The Hall–Kier alpha value is -0.340. The maximum absolute atomic E-state index is 6.29. The first-order valence-electron chi connectivity index (χ1n) is 6.14. The molecule has 0 amide bonds. The molecule has 17 heavy (non-hydrogen) atoms. The summed E-state index contributed by atoms with van der Waals surface area (Å²) in [6.07, 6.45) is 3.05. The van der Waals surface area contributed by atoms with E-state index in [1.54, 1.807) is 0 Å². The molecule has 0 aliphatic carbocycles. The molecule has 3 heteroatoms. The van der Waals surface area contributed by atoms with E-state index in [4.69, 9.17) is 16.3 Å². The van der Waals surface area contributed by atoms with Crippen LogP contribution >= 0.6 is 24.2 Å². The minimum atomic E-state index is 0.758. The highest BCUT2D eigenvalue weighted by Gasteiger charge is 2.12. The third-order valence-corrected chi connectivity index (χ3v) is 3.72. The monoisotopic (exact) mass is 272 g/mol. The van der Waals surface area contributed by atoms with E-state index in [0.29, 0.717) is 0 Å². The number of aryl methyl sites for hydroxylation is 1. The Morgan fingerprint density at radius 1 is 1.35 bits per heavy atom. The van der Waals surface area contributed by atoms with Crippen LogP contribution in [-0.4, -0.2) is 12.4 Å². The fourth-order valence-electron chi connectivity index (χ4n) is 1.87. The normalized spacial score (nSPS) is 10.6. The van der Waals surface area contributed by atoms with Gasteiger partial charge in [-0.05, 0) is 61.6 Å². The van der Waals surface area contributed by atoms with Crippen molar-refractivity contribution in [2.75, 3.05) is 12.4 Å². The van der Waals surface area contributed by atoms with Gasteiger partial charge in [0, 0.05) is 5.02 Å². The second-order valence-electron chi connectivity index (χ2n) is 4.28. The van der Waals surface area contributed by atoms with Gasteiger partial charge in [0.1, 0.15) is 5.75 Å². The first-order chi connectivity index (χ1) is 8.11. The van der Waals surface area contributed by atoms with Gasteiger partial charge in [0.25, 0.3) is 0 Å². The van der Waals surface area contributed by atoms with Crippen LogP contribution < -0.4 is 4.74 Å². The maximum Gasteiger partial charge on any atom is 0.123 e. The molecule has 0 bridgehead atoms. The highest BCUT2D eigenvalue weighted by atomic mass is 35.5. The molecular formula is C14H21ClOS. The summed E-state index contributed by atoms with van der Waals surface area (Å²) in [5.74, 6) is 1.88. The van der Waals surface area contributed by atoms with Crippen LogP contribution in [0.3, 0.4) is 0 Å². The molecule has 0 saturated heterocycles. The van der Waals surface area contributed by atoms with E-state index < -0.39 is 0 Å². The Kier molecular flexibility index (Phi) is 6.21. The highest BCUT2D eigenvalue weighted by molar-refractivity contribution is 7.80. The minimum absolute atomic E-state index is 0.758. The highest BCUT2D eigenvalue weighted by Crippen LogP contribution is 2.32. The van der Waals surface area contributed by atoms with Crippen molar-refractivity contribution in [2.45, 2.75) is 40.0 Å². The zero-order valence-electron chi connectivity index (χ0n) is 10.8. The molecule has 0 saturated carbocycles. The van der Waals surface area contributed by atoms with E-state index in [0.717, 1.165) is 53.5 Å². The van der Waals surface area contributed by atoms with Crippen LogP contribution in [0.1, 0.15) is 36.5 Å². The van der Waals surface area contributed by atoms with Crippen LogP contribution in [0.2, 0.25) is 5.02 Å². The molecular weight excluding hydrogens is 252 g/mol. The van der Waals surface area contributed by atoms with Crippen molar-refractivity contribution in [2.24, 2.45) is 0 Å². The molecule has 96 valence electrons. The largest absolute Gasteiger partial charge is 0.493 e. The molecule has 0 aliphatic rings. The first-order valence-corrected chi connectivity index (χ1v) is 7.15. The number of hydrogen-bond acceptors (Lipinski definition) is 2. The van der Waals surface area contributed by atoms with Gasteiger partial charge >= 0.3 is 0 Å². The summed E-state index contributed by atoms with van der Waals surface area (Å²) in [4.78, 5) is 0. The van der Waals surface area contributed by atoms with E-state index in [1.807, 2.05) is 6.92 Å². The van der Waals surface area contributed by atoms with Crippen molar-refractivity contribution in [3.63, 3.8) is 0 Å². The average molecular weight is 273 g/mol. The lowest BCUT2D eigenvalue weighted by Gasteiger charge is -2.16. The molecule has 0 N–H and O–H groups in total. The second kappa shape index (κ2) is 7.17. The van der Waals surface area contributed by atoms with E-state index in [9.17, 15) is 0 Å². The topological polar surface area (TPSA) is 9.23 Å². The molecule has 0 fully saturated rings. The molecule has 0 radical (unpaired) electrons. The number of ether oxygens (including phenoxy) is 1. The van der Waals surface area contributed by atoms with E-state index >= 15 is 0 Å². The molecule has 0 aromatic heterocycles. The third-order valence-electron chi connectivity index (χ3n) is 2.82. The van der Waals surface area contributed by atoms with Crippen LogP contribution in [0.25, 0.3) is 0 Å². The van der Waals surface area contributed by atoms with Crippen molar-refractivity contribution in [3.8, 4) is 5.75 Å². The predicted octanol–water partition coefficient (Wildman–Crippen LogP) is 4.61. The Labute approximate surface area is 115 Å². The van der Waals surface area contributed by atoms with Gasteiger partial charge in [0.05, 0.1) is 6.61 Å². The van der Waals surface area contributed by atoms with Crippen LogP contribution in [0, 0.1) is 13.8 Å². The van der Waals surface area contributed by atoms with Gasteiger partial charge in [-0.15, -0.1) is 0 Å². The lowest BCUT2D eigenvalue weighted by Crippen LogP contribution is -2.03. The molecule has 1 nitrogen and oxygen atoms in total. The van der Waals surface area contributed by atoms with Crippen molar-refractivity contribution in [3.05, 3.63) is 27.8 Å². The maximum atomic E-state index is 6.29. The summed E-state index contributed by atoms with van der Waals surface area (Å²) in [5, 5.41) is 0.864. The number of halogens is 1. The van der Waals surface area contributed by atoms with Crippen molar-refractivity contribution < 1.29 is 4.74 Å². The van der Waals surface area contributed by atoms with Gasteiger partial charge in [0.2, 0.25) is 0 Å². The molecule has 0 atom stereocenters. The summed E-state index contributed by atoms with van der Waals surface area (Å²) < 4.78 is 5.82. The standard InChI is InChI=1S/C14H21ClOS/c1-4-7-16-13-9-10(2)14(15)11(3)12(13)6-5-8-17/h9,17H,4-8H2,1-3H3. The summed E-state index contributed by atoms with van der Waals surface area (Å²) in [5.41, 5.74) is 3.48. The number of thiol groups is 1. The molecule has 0 aliphatic heterocycles.